The summed E-state index contributed by atoms with van der Waals surface area (Å²) >= 11 is 0. The van der Waals surface area contributed by atoms with E-state index in [-0.39, 0.29) is 12.5 Å². The number of hydrogen-bond donors (Lipinski definition) is 3. The second-order valence-corrected chi connectivity index (χ2v) is 2.30. The van der Waals surface area contributed by atoms with Crippen molar-refractivity contribution in [2.75, 3.05) is 26.2 Å². The molecule has 0 saturated heterocycles. The number of nitrogens with one attached hydrogen (secondary N) is 2. The van der Waals surface area contributed by atoms with E-state index in [0.717, 1.165) is 19.5 Å². The molecule has 11 heavy (non-hydrogen) atoms. The molecule has 0 aliphatic heterocycles. The lowest BCUT2D eigenvalue weighted by Gasteiger charge is -2.03. The Morgan fingerprint density at radius 1 is 1.36 bits per heavy atom. The molecule has 0 aromatic heterocycles. The van der Waals surface area contributed by atoms with Crippen LogP contribution in [0.3, 0.4) is 0 Å². The van der Waals surface area contributed by atoms with Crippen LogP contribution in [-0.2, 0) is 4.79 Å². The van der Waals surface area contributed by atoms with Gasteiger partial charge in [-0.1, -0.05) is 6.92 Å². The Labute approximate surface area is 67.5 Å². The predicted molar refractivity (Wildman–Crippen MR) is 45.2 cm³/mol. The molecule has 0 aromatic carbocycles. The number of amides is 1. The number of rotatable bonds is 6. The van der Waals surface area contributed by atoms with Crippen LogP contribution in [0.1, 0.15) is 13.3 Å². The Hall–Kier alpha value is -0.610. The number of carbonyl (C=O) groups excluding carboxylic acids is 1. The van der Waals surface area contributed by atoms with E-state index in [1.54, 1.807) is 0 Å². The van der Waals surface area contributed by atoms with E-state index in [0.29, 0.717) is 6.54 Å². The smallest absolute Gasteiger partial charge is 0.233 e. The van der Waals surface area contributed by atoms with E-state index in [1.807, 2.05) is 0 Å². The van der Waals surface area contributed by atoms with Gasteiger partial charge in [-0.2, -0.15) is 0 Å². The molecule has 0 heterocycles. The van der Waals surface area contributed by atoms with Gasteiger partial charge in [0.25, 0.3) is 0 Å². The highest BCUT2D eigenvalue weighted by atomic mass is 16.1. The zero-order chi connectivity index (χ0) is 8.53. The van der Waals surface area contributed by atoms with Crippen molar-refractivity contribution in [3.05, 3.63) is 0 Å². The molecule has 0 bridgehead atoms. The van der Waals surface area contributed by atoms with Crippen LogP contribution in [0.5, 0.6) is 0 Å². The molecule has 0 radical (unpaired) electrons. The fourth-order valence-corrected chi connectivity index (χ4v) is 0.664. The molecule has 0 unspecified atom stereocenters. The first-order valence-electron chi connectivity index (χ1n) is 3.98. The van der Waals surface area contributed by atoms with E-state index in [4.69, 9.17) is 5.73 Å². The number of nitrogens with two attached hydrogens (primary N) is 1. The minimum atomic E-state index is -0.0942. The molecule has 0 saturated carbocycles. The van der Waals surface area contributed by atoms with E-state index in [1.165, 1.54) is 0 Å². The second-order valence-electron chi connectivity index (χ2n) is 2.30. The summed E-state index contributed by atoms with van der Waals surface area (Å²) in [6, 6.07) is 0. The van der Waals surface area contributed by atoms with Gasteiger partial charge in [0.15, 0.2) is 0 Å². The van der Waals surface area contributed by atoms with E-state index in [9.17, 15) is 4.79 Å². The Morgan fingerprint density at radius 3 is 2.64 bits per heavy atom. The summed E-state index contributed by atoms with van der Waals surface area (Å²) in [6.45, 7) is 4.66. The Kier molecular flexibility index (Phi) is 7.08. The standard InChI is InChI=1S/C7H17N3O/c1-2-3-9-4-5-10-7(11)6-8/h9H,2-6,8H2,1H3,(H,10,11). The lowest BCUT2D eigenvalue weighted by Crippen LogP contribution is -2.35. The zero-order valence-corrected chi connectivity index (χ0v) is 7.02. The first kappa shape index (κ1) is 10.4. The third kappa shape index (κ3) is 7.29. The monoisotopic (exact) mass is 159 g/mol. The molecule has 4 heteroatoms. The van der Waals surface area contributed by atoms with Crippen molar-refractivity contribution in [1.82, 2.24) is 10.6 Å². The van der Waals surface area contributed by atoms with Crippen molar-refractivity contribution in [1.29, 1.82) is 0 Å². The Balaban J connectivity index is 2.95. The lowest BCUT2D eigenvalue weighted by molar-refractivity contribution is -0.119. The number of carbonyl (C=O) groups is 1. The average Bonchev–Trinajstić information content (AvgIpc) is 2.04. The van der Waals surface area contributed by atoms with Crippen LogP contribution in [-0.4, -0.2) is 32.1 Å². The van der Waals surface area contributed by atoms with Gasteiger partial charge in [0, 0.05) is 13.1 Å². The second kappa shape index (κ2) is 7.50. The summed E-state index contributed by atoms with van der Waals surface area (Å²) in [6.07, 6.45) is 1.12. The third-order valence-corrected chi connectivity index (χ3v) is 1.24. The molecule has 0 rings (SSSR count). The van der Waals surface area contributed by atoms with Crippen molar-refractivity contribution in [3.63, 3.8) is 0 Å². The van der Waals surface area contributed by atoms with Crippen molar-refractivity contribution in [3.8, 4) is 0 Å². The quantitative estimate of drug-likeness (QED) is 0.438. The lowest BCUT2D eigenvalue weighted by atomic mass is 10.4. The SMILES string of the molecule is CCCNCCNC(=O)CN. The summed E-state index contributed by atoms with van der Waals surface area (Å²) in [7, 11) is 0. The van der Waals surface area contributed by atoms with Gasteiger partial charge < -0.3 is 16.4 Å². The number of hydrogen-bond acceptors (Lipinski definition) is 3. The van der Waals surface area contributed by atoms with Crippen molar-refractivity contribution < 1.29 is 4.79 Å². The van der Waals surface area contributed by atoms with Gasteiger partial charge in [-0.15, -0.1) is 0 Å². The summed E-state index contributed by atoms with van der Waals surface area (Å²) in [4.78, 5) is 10.6. The van der Waals surface area contributed by atoms with Gasteiger partial charge in [0.2, 0.25) is 5.91 Å². The fraction of sp³-hybridized carbons (Fsp3) is 0.857. The van der Waals surface area contributed by atoms with Crippen LogP contribution in [0, 0.1) is 0 Å². The summed E-state index contributed by atoms with van der Waals surface area (Å²) < 4.78 is 0. The summed E-state index contributed by atoms with van der Waals surface area (Å²) in [5, 5.41) is 5.82. The van der Waals surface area contributed by atoms with Crippen LogP contribution < -0.4 is 16.4 Å². The highest BCUT2D eigenvalue weighted by Crippen LogP contribution is 1.68. The Morgan fingerprint density at radius 2 is 2.09 bits per heavy atom. The van der Waals surface area contributed by atoms with Gasteiger partial charge in [-0.05, 0) is 13.0 Å². The minimum absolute atomic E-state index is 0.0772. The van der Waals surface area contributed by atoms with Crippen LogP contribution in [0.2, 0.25) is 0 Å². The van der Waals surface area contributed by atoms with Crippen LogP contribution in [0.25, 0.3) is 0 Å². The predicted octanol–water partition coefficient (Wildman–Crippen LogP) is -0.939. The fourth-order valence-electron chi connectivity index (χ4n) is 0.664. The van der Waals surface area contributed by atoms with Gasteiger partial charge >= 0.3 is 0 Å². The van der Waals surface area contributed by atoms with Crippen molar-refractivity contribution in [2.45, 2.75) is 13.3 Å². The molecule has 0 spiro atoms. The van der Waals surface area contributed by atoms with E-state index >= 15 is 0 Å². The first-order chi connectivity index (χ1) is 5.31. The average molecular weight is 159 g/mol. The highest BCUT2D eigenvalue weighted by molar-refractivity contribution is 5.77. The first-order valence-corrected chi connectivity index (χ1v) is 3.98. The minimum Gasteiger partial charge on any atom is -0.354 e. The van der Waals surface area contributed by atoms with Gasteiger partial charge in [0.1, 0.15) is 0 Å². The molecular formula is C7H17N3O. The third-order valence-electron chi connectivity index (χ3n) is 1.24. The van der Waals surface area contributed by atoms with Gasteiger partial charge in [-0.3, -0.25) is 4.79 Å². The summed E-state index contributed by atoms with van der Waals surface area (Å²) in [5.74, 6) is -0.0942. The largest absolute Gasteiger partial charge is 0.354 e. The van der Waals surface area contributed by atoms with Crippen LogP contribution in [0.15, 0.2) is 0 Å². The highest BCUT2D eigenvalue weighted by Gasteiger charge is 1.93. The molecule has 4 N–H and O–H groups in total. The molecule has 66 valence electrons. The molecular weight excluding hydrogens is 142 g/mol. The molecule has 0 aliphatic rings. The normalized spacial score (nSPS) is 9.64. The topological polar surface area (TPSA) is 67.1 Å². The maximum absolute atomic E-state index is 10.6. The zero-order valence-electron chi connectivity index (χ0n) is 7.02. The molecule has 0 aliphatic carbocycles. The van der Waals surface area contributed by atoms with Gasteiger partial charge in [0.05, 0.1) is 6.54 Å². The van der Waals surface area contributed by atoms with Gasteiger partial charge in [-0.25, -0.2) is 0 Å². The Bertz CT molecular complexity index is 106. The van der Waals surface area contributed by atoms with Crippen molar-refractivity contribution in [2.24, 2.45) is 5.73 Å². The van der Waals surface area contributed by atoms with Crippen LogP contribution >= 0.6 is 0 Å². The summed E-state index contributed by atoms with van der Waals surface area (Å²) in [5.41, 5.74) is 5.08. The molecule has 1 amide bonds. The maximum atomic E-state index is 10.6. The van der Waals surface area contributed by atoms with Crippen molar-refractivity contribution >= 4 is 5.91 Å². The molecule has 0 atom stereocenters. The van der Waals surface area contributed by atoms with Crippen LogP contribution in [0.4, 0.5) is 0 Å². The molecule has 4 nitrogen and oxygen atoms in total. The van der Waals surface area contributed by atoms with E-state index in [2.05, 4.69) is 17.6 Å². The van der Waals surface area contributed by atoms with E-state index < -0.39 is 0 Å². The molecule has 0 aromatic rings. The maximum Gasteiger partial charge on any atom is 0.233 e. The molecule has 0 fully saturated rings.